The number of nitrogens with zero attached hydrogens (tertiary/aromatic N) is 1. The summed E-state index contributed by atoms with van der Waals surface area (Å²) >= 11 is 22.6. The fourth-order valence-electron chi connectivity index (χ4n) is 2.57. The second kappa shape index (κ2) is 7.97. The number of aromatic nitrogens is 1. The van der Waals surface area contributed by atoms with E-state index in [2.05, 4.69) is 20.9 Å². The zero-order valence-corrected chi connectivity index (χ0v) is 17.2. The number of hydrogen-bond donors (Lipinski definition) is 0. The van der Waals surface area contributed by atoms with Gasteiger partial charge in [0.15, 0.2) is 6.29 Å². The minimum absolute atomic E-state index is 0.0521. The van der Waals surface area contributed by atoms with Gasteiger partial charge in [0.05, 0.1) is 28.4 Å². The Morgan fingerprint density at radius 2 is 1.62 bits per heavy atom. The van der Waals surface area contributed by atoms with Crippen LogP contribution >= 0.6 is 50.7 Å². The zero-order chi connectivity index (χ0) is 18.8. The number of carbonyl (C=O) groups excluding carboxylic acids is 1. The molecule has 2 aromatic carbocycles. The van der Waals surface area contributed by atoms with E-state index >= 15 is 0 Å². The van der Waals surface area contributed by atoms with Crippen LogP contribution in [0.4, 0.5) is 0 Å². The molecule has 3 nitrogen and oxygen atoms in total. The Hall–Kier alpha value is -1.59. The summed E-state index contributed by atoms with van der Waals surface area (Å²) in [5, 5.41) is 1.08. The van der Waals surface area contributed by atoms with Gasteiger partial charge in [0.25, 0.3) is 0 Å². The van der Waals surface area contributed by atoms with Gasteiger partial charge < -0.3 is 4.74 Å². The van der Waals surface area contributed by atoms with Crippen LogP contribution in [0.1, 0.15) is 10.4 Å². The van der Waals surface area contributed by atoms with E-state index in [0.717, 1.165) is 15.6 Å². The maximum atomic E-state index is 11.2. The first-order valence-electron chi connectivity index (χ1n) is 7.41. The van der Waals surface area contributed by atoms with E-state index in [1.54, 1.807) is 6.07 Å². The minimum Gasteiger partial charge on any atom is -0.496 e. The summed E-state index contributed by atoms with van der Waals surface area (Å²) in [6.07, 6.45) is 0.608. The van der Waals surface area contributed by atoms with Crippen molar-refractivity contribution in [2.75, 3.05) is 7.11 Å². The topological polar surface area (TPSA) is 39.2 Å². The molecule has 7 heteroatoms. The van der Waals surface area contributed by atoms with Crippen LogP contribution in [-0.2, 0) is 0 Å². The Labute approximate surface area is 174 Å². The van der Waals surface area contributed by atoms with Gasteiger partial charge in [-0.05, 0) is 22.0 Å². The first-order chi connectivity index (χ1) is 12.5. The molecule has 0 spiro atoms. The van der Waals surface area contributed by atoms with Crippen molar-refractivity contribution < 1.29 is 9.53 Å². The second-order valence-corrected chi connectivity index (χ2v) is 7.27. The van der Waals surface area contributed by atoms with E-state index in [1.807, 2.05) is 36.4 Å². The van der Waals surface area contributed by atoms with Gasteiger partial charge in [0.2, 0.25) is 0 Å². The normalized spacial score (nSPS) is 10.7. The summed E-state index contributed by atoms with van der Waals surface area (Å²) in [6.45, 7) is 0. The average Bonchev–Trinajstić information content (AvgIpc) is 2.63. The van der Waals surface area contributed by atoms with Crippen LogP contribution in [0.5, 0.6) is 5.75 Å². The monoisotopic (exact) mass is 469 g/mol. The highest BCUT2D eigenvalue weighted by Gasteiger charge is 2.17. The van der Waals surface area contributed by atoms with Crippen molar-refractivity contribution in [1.29, 1.82) is 0 Å². The molecule has 0 atom stereocenters. The van der Waals surface area contributed by atoms with E-state index in [1.165, 1.54) is 7.11 Å². The summed E-state index contributed by atoms with van der Waals surface area (Å²) in [5.74, 6) is 0.331. The van der Waals surface area contributed by atoms with Crippen LogP contribution in [0.25, 0.3) is 22.4 Å². The van der Waals surface area contributed by atoms with E-state index in [4.69, 9.17) is 39.5 Å². The third-order valence-corrected chi connectivity index (χ3v) is 5.82. The first-order valence-corrected chi connectivity index (χ1v) is 9.33. The molecule has 1 aromatic heterocycles. The lowest BCUT2D eigenvalue weighted by Crippen LogP contribution is -1.97. The molecule has 0 aliphatic heterocycles. The van der Waals surface area contributed by atoms with Gasteiger partial charge in [0.1, 0.15) is 10.9 Å². The van der Waals surface area contributed by atoms with Crippen molar-refractivity contribution in [3.63, 3.8) is 0 Å². The van der Waals surface area contributed by atoms with Gasteiger partial charge in [-0.2, -0.15) is 0 Å². The number of ether oxygens (including phenoxy) is 1. The lowest BCUT2D eigenvalue weighted by Gasteiger charge is -2.13. The number of aldehydes is 1. The molecule has 0 aliphatic carbocycles. The quantitative estimate of drug-likeness (QED) is 0.305. The number of hydrogen-bond acceptors (Lipinski definition) is 3. The van der Waals surface area contributed by atoms with Crippen LogP contribution in [0.2, 0.25) is 15.2 Å². The first kappa shape index (κ1) is 19.2. The highest BCUT2D eigenvalue weighted by Crippen LogP contribution is 2.41. The van der Waals surface area contributed by atoms with Crippen molar-refractivity contribution in [3.05, 3.63) is 67.7 Å². The average molecular weight is 472 g/mol. The van der Waals surface area contributed by atoms with Gasteiger partial charge in [-0.25, -0.2) is 4.98 Å². The maximum absolute atomic E-state index is 11.2. The lowest BCUT2D eigenvalue weighted by molar-refractivity contribution is 0.112. The molecular formula is C19H11BrCl3NO2. The Morgan fingerprint density at radius 3 is 2.27 bits per heavy atom. The molecule has 0 radical (unpaired) electrons. The smallest absolute Gasteiger partial charge is 0.156 e. The molecule has 0 bridgehead atoms. The predicted molar refractivity (Wildman–Crippen MR) is 110 cm³/mol. The Kier molecular flexibility index (Phi) is 5.88. The molecule has 0 N–H and O–H groups in total. The number of methoxy groups -OCH3 is 1. The molecule has 132 valence electrons. The summed E-state index contributed by atoms with van der Waals surface area (Å²) in [4.78, 5) is 15.5. The molecule has 3 aromatic rings. The fraction of sp³-hybridized carbons (Fsp3) is 0.0526. The molecule has 0 saturated carbocycles. The van der Waals surface area contributed by atoms with Crippen LogP contribution in [-0.4, -0.2) is 18.4 Å². The van der Waals surface area contributed by atoms with Crippen molar-refractivity contribution >= 4 is 57.0 Å². The Bertz CT molecular complexity index is 1010. The fourth-order valence-corrected chi connectivity index (χ4v) is 3.71. The standard InChI is InChI=1S/C19H11BrCl3NO2/c1-26-16-8-15(24-19(23)13(16)9-25)12-6-2-4-10(17(12)21)11-5-3-7-14(20)18(11)22/h2-9H,1H3. The van der Waals surface area contributed by atoms with Crippen LogP contribution in [0.3, 0.4) is 0 Å². The Morgan fingerprint density at radius 1 is 1.00 bits per heavy atom. The van der Waals surface area contributed by atoms with Crippen molar-refractivity contribution in [2.45, 2.75) is 0 Å². The lowest BCUT2D eigenvalue weighted by atomic mass is 10.0. The summed E-state index contributed by atoms with van der Waals surface area (Å²) in [7, 11) is 1.46. The molecule has 0 saturated heterocycles. The van der Waals surface area contributed by atoms with Crippen molar-refractivity contribution in [2.24, 2.45) is 0 Å². The number of carbonyl (C=O) groups is 1. The van der Waals surface area contributed by atoms with E-state index in [0.29, 0.717) is 33.3 Å². The largest absolute Gasteiger partial charge is 0.496 e. The third-order valence-electron chi connectivity index (χ3n) is 3.83. The van der Waals surface area contributed by atoms with Crippen LogP contribution < -0.4 is 4.74 Å². The van der Waals surface area contributed by atoms with Crippen molar-refractivity contribution in [3.8, 4) is 28.1 Å². The van der Waals surface area contributed by atoms with E-state index in [9.17, 15) is 4.79 Å². The number of benzene rings is 2. The minimum atomic E-state index is 0.0521. The molecule has 0 amide bonds. The van der Waals surface area contributed by atoms with Gasteiger partial charge in [-0.15, -0.1) is 0 Å². The molecule has 3 rings (SSSR count). The summed E-state index contributed by atoms with van der Waals surface area (Å²) in [6, 6.07) is 12.8. The van der Waals surface area contributed by atoms with Crippen molar-refractivity contribution in [1.82, 2.24) is 4.98 Å². The van der Waals surface area contributed by atoms with Crippen LogP contribution in [0, 0.1) is 0 Å². The van der Waals surface area contributed by atoms with Gasteiger partial charge in [-0.3, -0.25) is 4.79 Å². The Balaban J connectivity index is 2.21. The SMILES string of the molecule is COc1cc(-c2cccc(-c3cccc(Br)c3Cl)c2Cl)nc(Cl)c1C=O. The molecule has 0 unspecified atom stereocenters. The van der Waals surface area contributed by atoms with Crippen LogP contribution in [0.15, 0.2) is 46.9 Å². The maximum Gasteiger partial charge on any atom is 0.156 e. The number of rotatable bonds is 4. The van der Waals surface area contributed by atoms with E-state index < -0.39 is 0 Å². The highest BCUT2D eigenvalue weighted by molar-refractivity contribution is 9.10. The second-order valence-electron chi connectivity index (χ2n) is 5.30. The molecule has 0 fully saturated rings. The van der Waals surface area contributed by atoms with E-state index in [-0.39, 0.29) is 10.7 Å². The zero-order valence-electron chi connectivity index (χ0n) is 13.4. The van der Waals surface area contributed by atoms with Gasteiger partial charge >= 0.3 is 0 Å². The van der Waals surface area contributed by atoms with Gasteiger partial charge in [0, 0.05) is 27.2 Å². The molecule has 0 aliphatic rings. The number of pyridine rings is 1. The molecule has 26 heavy (non-hydrogen) atoms. The highest BCUT2D eigenvalue weighted by atomic mass is 79.9. The molecular weight excluding hydrogens is 460 g/mol. The van der Waals surface area contributed by atoms with Gasteiger partial charge in [-0.1, -0.05) is 65.1 Å². The summed E-state index contributed by atoms with van der Waals surface area (Å²) in [5.41, 5.74) is 2.88. The number of halogens is 4. The molecule has 1 heterocycles. The summed E-state index contributed by atoms with van der Waals surface area (Å²) < 4.78 is 6.02. The third kappa shape index (κ3) is 3.47. The predicted octanol–water partition coefficient (Wildman–Crippen LogP) is 6.96.